The molecule has 0 aliphatic heterocycles. The number of aryl methyl sites for hydroxylation is 1. The maximum atomic E-state index is 13.6. The number of fused-ring (bicyclic) bond motifs is 2. The van der Waals surface area contributed by atoms with Gasteiger partial charge in [0, 0.05) is 27.1 Å². The molecule has 3 aromatic carbocycles. The van der Waals surface area contributed by atoms with E-state index in [9.17, 15) is 13.9 Å². The number of hydrogen-bond donors (Lipinski definition) is 3. The molecule has 0 saturated heterocycles. The Balaban J connectivity index is 0.000000141. The highest BCUT2D eigenvalue weighted by molar-refractivity contribution is 9.08. The van der Waals surface area contributed by atoms with E-state index in [1.165, 1.54) is 29.8 Å². The molecule has 222 valence electrons. The Bertz CT molecular complexity index is 1920. The molecule has 7 aromatic rings. The highest BCUT2D eigenvalue weighted by atomic mass is 79.9. The van der Waals surface area contributed by atoms with E-state index in [1.807, 2.05) is 37.3 Å². The van der Waals surface area contributed by atoms with Gasteiger partial charge in [0.25, 0.3) is 0 Å². The fourth-order valence-corrected chi connectivity index (χ4v) is 5.13. The van der Waals surface area contributed by atoms with E-state index in [0.29, 0.717) is 32.8 Å². The van der Waals surface area contributed by atoms with Gasteiger partial charge in [0.2, 0.25) is 0 Å². The third-order valence-corrected chi connectivity index (χ3v) is 7.70. The van der Waals surface area contributed by atoms with Crippen LogP contribution in [0, 0.1) is 18.6 Å². The number of aromatic amines is 2. The van der Waals surface area contributed by atoms with E-state index in [-0.39, 0.29) is 22.5 Å². The van der Waals surface area contributed by atoms with Crippen LogP contribution in [0.3, 0.4) is 0 Å². The van der Waals surface area contributed by atoms with Crippen molar-refractivity contribution in [3.05, 3.63) is 136 Å². The summed E-state index contributed by atoms with van der Waals surface area (Å²) in [4.78, 5) is 14.5. The number of pyridine rings is 2. The van der Waals surface area contributed by atoms with Crippen molar-refractivity contribution in [1.82, 2.24) is 19.9 Å². The van der Waals surface area contributed by atoms with E-state index in [2.05, 4.69) is 48.0 Å². The van der Waals surface area contributed by atoms with Gasteiger partial charge in [0.15, 0.2) is 0 Å². The SMILES string of the molecule is BrCc1ccccc1.Cc1ccc(Cl)nc1-c1cc2c(F)cccc2[nH]1.Oc1ccc(Cl)nc1-c1cc2c(F)cccc2[nH]1. The van der Waals surface area contributed by atoms with Crippen LogP contribution in [-0.2, 0) is 5.33 Å². The number of aromatic nitrogens is 4. The third kappa shape index (κ3) is 7.27. The predicted octanol–water partition coefficient (Wildman–Crippen LogP) is 10.6. The van der Waals surface area contributed by atoms with Gasteiger partial charge in [-0.2, -0.15) is 0 Å². The smallest absolute Gasteiger partial charge is 0.143 e. The molecule has 0 spiro atoms. The molecule has 3 N–H and O–H groups in total. The number of rotatable bonds is 3. The molecule has 0 amide bonds. The molecular formula is C34H25BrCl2F2N4O. The van der Waals surface area contributed by atoms with Crippen LogP contribution in [-0.4, -0.2) is 25.0 Å². The summed E-state index contributed by atoms with van der Waals surface area (Å²) in [6.45, 7) is 1.94. The second-order valence-corrected chi connectivity index (χ2v) is 11.0. The number of nitrogens with one attached hydrogen (secondary N) is 2. The lowest BCUT2D eigenvalue weighted by atomic mass is 10.1. The lowest BCUT2D eigenvalue weighted by molar-refractivity contribution is 0.475. The number of aromatic hydroxyl groups is 1. The highest BCUT2D eigenvalue weighted by Gasteiger charge is 2.12. The Kier molecular flexibility index (Phi) is 9.95. The first-order valence-electron chi connectivity index (χ1n) is 13.4. The van der Waals surface area contributed by atoms with Gasteiger partial charge < -0.3 is 15.1 Å². The Hall–Kier alpha value is -4.24. The van der Waals surface area contributed by atoms with E-state index in [0.717, 1.165) is 27.8 Å². The van der Waals surface area contributed by atoms with Gasteiger partial charge in [0.05, 0.1) is 17.1 Å². The molecule has 0 atom stereocenters. The Morgan fingerprint density at radius 2 is 1.20 bits per heavy atom. The molecular weight excluding hydrogens is 669 g/mol. The third-order valence-electron chi connectivity index (χ3n) is 6.63. The van der Waals surface area contributed by atoms with Gasteiger partial charge in [-0.05, 0) is 72.6 Å². The van der Waals surface area contributed by atoms with Crippen LogP contribution in [0.4, 0.5) is 8.78 Å². The minimum Gasteiger partial charge on any atom is -0.506 e. The second kappa shape index (κ2) is 14.0. The average molecular weight is 694 g/mol. The zero-order valence-corrected chi connectivity index (χ0v) is 26.4. The fraction of sp³-hybridized carbons (Fsp3) is 0.0588. The van der Waals surface area contributed by atoms with Crippen molar-refractivity contribution in [1.29, 1.82) is 0 Å². The van der Waals surface area contributed by atoms with Crippen molar-refractivity contribution >= 4 is 60.9 Å². The fourth-order valence-electron chi connectivity index (χ4n) is 4.46. The maximum Gasteiger partial charge on any atom is 0.143 e. The van der Waals surface area contributed by atoms with Crippen LogP contribution >= 0.6 is 39.1 Å². The van der Waals surface area contributed by atoms with Gasteiger partial charge in [0.1, 0.15) is 33.4 Å². The van der Waals surface area contributed by atoms with Gasteiger partial charge in [-0.1, -0.05) is 87.7 Å². The molecule has 4 heterocycles. The van der Waals surface area contributed by atoms with Crippen LogP contribution in [0.5, 0.6) is 5.75 Å². The molecule has 4 aromatic heterocycles. The molecule has 0 saturated carbocycles. The quantitative estimate of drug-likeness (QED) is 0.127. The molecule has 0 fully saturated rings. The minimum absolute atomic E-state index is 0.00800. The molecule has 44 heavy (non-hydrogen) atoms. The summed E-state index contributed by atoms with van der Waals surface area (Å²) < 4.78 is 27.2. The first-order valence-corrected chi connectivity index (χ1v) is 15.2. The van der Waals surface area contributed by atoms with Crippen LogP contribution in [0.1, 0.15) is 11.1 Å². The Labute approximate surface area is 270 Å². The summed E-state index contributed by atoms with van der Waals surface area (Å²) in [6, 6.07) is 29.9. The van der Waals surface area contributed by atoms with Gasteiger partial charge in [-0.3, -0.25) is 0 Å². The molecule has 5 nitrogen and oxygen atoms in total. The van der Waals surface area contributed by atoms with E-state index < -0.39 is 0 Å². The molecule has 7 rings (SSSR count). The van der Waals surface area contributed by atoms with E-state index in [4.69, 9.17) is 23.2 Å². The number of nitrogens with zero attached hydrogens (tertiary/aromatic N) is 2. The largest absolute Gasteiger partial charge is 0.506 e. The molecule has 0 aliphatic carbocycles. The molecule has 0 unspecified atom stereocenters. The summed E-state index contributed by atoms with van der Waals surface area (Å²) in [5.41, 5.74) is 6.07. The standard InChI is InChI=1S/C14H10ClFN2.C13H8ClFN2O.C7H7Br/c1-8-5-6-13(15)18-14(8)12-7-9-10(16)3-2-4-11(9)17-12;14-12-5-4-11(18)13(17-12)10-6-7-8(15)2-1-3-9(7)16-10;8-6-7-4-2-1-3-5-7/h2-7,17H,1H3;1-6,16,18H;1-5H,6H2. The van der Waals surface area contributed by atoms with Crippen molar-refractivity contribution in [3.63, 3.8) is 0 Å². The van der Waals surface area contributed by atoms with Crippen molar-refractivity contribution in [2.24, 2.45) is 0 Å². The molecule has 10 heteroatoms. The number of hydrogen-bond acceptors (Lipinski definition) is 3. The highest BCUT2D eigenvalue weighted by Crippen LogP contribution is 2.31. The first-order chi connectivity index (χ1) is 21.2. The number of benzene rings is 3. The van der Waals surface area contributed by atoms with Crippen molar-refractivity contribution in [3.8, 4) is 28.5 Å². The lowest BCUT2D eigenvalue weighted by Crippen LogP contribution is -1.88. The molecule has 0 aliphatic rings. The van der Waals surface area contributed by atoms with Gasteiger partial charge in [-0.15, -0.1) is 0 Å². The summed E-state index contributed by atoms with van der Waals surface area (Å²) in [5, 5.41) is 12.4. The van der Waals surface area contributed by atoms with Crippen LogP contribution in [0.25, 0.3) is 44.6 Å². The minimum atomic E-state index is -0.323. The summed E-state index contributed by atoms with van der Waals surface area (Å²) in [6.07, 6.45) is 0. The summed E-state index contributed by atoms with van der Waals surface area (Å²) in [5.74, 6) is -0.572. The summed E-state index contributed by atoms with van der Waals surface area (Å²) in [7, 11) is 0. The Morgan fingerprint density at radius 3 is 1.73 bits per heavy atom. The van der Waals surface area contributed by atoms with Gasteiger partial charge >= 0.3 is 0 Å². The van der Waals surface area contributed by atoms with Crippen LogP contribution < -0.4 is 0 Å². The van der Waals surface area contributed by atoms with Crippen LogP contribution in [0.15, 0.2) is 103 Å². The second-order valence-electron chi connectivity index (χ2n) is 9.69. The Morgan fingerprint density at radius 1 is 0.682 bits per heavy atom. The zero-order chi connectivity index (χ0) is 31.2. The van der Waals surface area contributed by atoms with E-state index in [1.54, 1.807) is 36.4 Å². The topological polar surface area (TPSA) is 77.6 Å². The van der Waals surface area contributed by atoms with Crippen molar-refractivity contribution in [2.45, 2.75) is 12.3 Å². The number of alkyl halides is 1. The normalized spacial score (nSPS) is 10.7. The van der Waals surface area contributed by atoms with Crippen molar-refractivity contribution < 1.29 is 13.9 Å². The van der Waals surface area contributed by atoms with Crippen molar-refractivity contribution in [2.75, 3.05) is 0 Å². The monoisotopic (exact) mass is 692 g/mol. The lowest BCUT2D eigenvalue weighted by Gasteiger charge is -2.02. The maximum absolute atomic E-state index is 13.6. The van der Waals surface area contributed by atoms with Crippen LogP contribution in [0.2, 0.25) is 10.3 Å². The van der Waals surface area contributed by atoms with E-state index >= 15 is 0 Å². The number of H-pyrrole nitrogens is 2. The molecule has 0 radical (unpaired) electrons. The summed E-state index contributed by atoms with van der Waals surface area (Å²) >= 11 is 15.0. The molecule has 0 bridgehead atoms. The first kappa shape index (κ1) is 31.2. The predicted molar refractivity (Wildman–Crippen MR) is 178 cm³/mol. The zero-order valence-electron chi connectivity index (χ0n) is 23.3. The van der Waals surface area contributed by atoms with Gasteiger partial charge in [-0.25, -0.2) is 18.7 Å². The average Bonchev–Trinajstić information content (AvgIpc) is 3.67. The number of halogens is 5.